The molecule has 1 amide bonds. The first-order valence-corrected chi connectivity index (χ1v) is 7.24. The lowest BCUT2D eigenvalue weighted by Crippen LogP contribution is -2.29. The average molecular weight is 327 g/mol. The predicted molar refractivity (Wildman–Crippen MR) is 85.2 cm³/mol. The Bertz CT molecular complexity index is 922. The van der Waals surface area contributed by atoms with Gasteiger partial charge in [-0.1, -0.05) is 18.2 Å². The summed E-state index contributed by atoms with van der Waals surface area (Å²) in [4.78, 5) is 27.8. The number of carbonyl (C=O) groups excluding carboxylic acids is 1. The van der Waals surface area contributed by atoms with Gasteiger partial charge in [-0.25, -0.2) is 4.39 Å². The number of nitrogens with one attached hydrogen (secondary N) is 1. The third-order valence-corrected chi connectivity index (χ3v) is 3.30. The number of ether oxygens (including phenoxy) is 1. The molecule has 3 aromatic rings. The van der Waals surface area contributed by atoms with Crippen molar-refractivity contribution in [3.63, 3.8) is 0 Å². The van der Waals surface area contributed by atoms with E-state index in [1.165, 1.54) is 22.6 Å². The molecule has 122 valence electrons. The summed E-state index contributed by atoms with van der Waals surface area (Å²) in [5.41, 5.74) is 0.917. The van der Waals surface area contributed by atoms with E-state index in [0.717, 1.165) is 5.56 Å². The summed E-state index contributed by atoms with van der Waals surface area (Å²) in [5.74, 6) is -0.611. The maximum absolute atomic E-state index is 12.8. The molecule has 0 bridgehead atoms. The van der Waals surface area contributed by atoms with Gasteiger partial charge in [0.1, 0.15) is 11.5 Å². The van der Waals surface area contributed by atoms with Crippen LogP contribution in [0.25, 0.3) is 5.65 Å². The van der Waals surface area contributed by atoms with Gasteiger partial charge in [0.2, 0.25) is 5.88 Å². The number of rotatable bonds is 5. The zero-order valence-corrected chi connectivity index (χ0v) is 12.6. The van der Waals surface area contributed by atoms with Gasteiger partial charge in [0.25, 0.3) is 11.5 Å². The number of halogens is 1. The van der Waals surface area contributed by atoms with Crippen molar-refractivity contribution >= 4 is 11.6 Å². The quantitative estimate of drug-likeness (QED) is 0.771. The molecule has 0 aliphatic rings. The number of benzene rings is 1. The van der Waals surface area contributed by atoms with E-state index in [0.29, 0.717) is 5.65 Å². The van der Waals surface area contributed by atoms with Crippen molar-refractivity contribution in [2.45, 2.75) is 6.54 Å². The van der Waals surface area contributed by atoms with Gasteiger partial charge >= 0.3 is 0 Å². The molecule has 6 nitrogen and oxygen atoms in total. The van der Waals surface area contributed by atoms with Gasteiger partial charge in [0.05, 0.1) is 6.07 Å². The summed E-state index contributed by atoms with van der Waals surface area (Å²) in [7, 11) is 0. The molecule has 0 saturated carbocycles. The summed E-state index contributed by atoms with van der Waals surface area (Å²) in [5, 5.41) is 2.64. The summed E-state index contributed by atoms with van der Waals surface area (Å²) < 4.78 is 19.4. The summed E-state index contributed by atoms with van der Waals surface area (Å²) in [6.07, 6.45) is 1.60. The highest BCUT2D eigenvalue weighted by molar-refractivity contribution is 5.77. The molecular weight excluding hydrogens is 313 g/mol. The normalized spacial score (nSPS) is 10.5. The number of amides is 1. The van der Waals surface area contributed by atoms with Gasteiger partial charge < -0.3 is 10.1 Å². The molecule has 7 heteroatoms. The second kappa shape index (κ2) is 6.91. The van der Waals surface area contributed by atoms with Crippen molar-refractivity contribution < 1.29 is 13.9 Å². The molecule has 0 fully saturated rings. The fourth-order valence-electron chi connectivity index (χ4n) is 2.10. The standard InChI is InChI=1S/C17H14FN3O3/c18-13-6-4-12(5-7-13)10-19-15(22)11-24-16-9-17(23)21-8-2-1-3-14(21)20-16/h1-9H,10-11H2,(H,19,22). The highest BCUT2D eigenvalue weighted by Crippen LogP contribution is 2.06. The smallest absolute Gasteiger partial charge is 0.261 e. The number of fused-ring (bicyclic) bond motifs is 1. The van der Waals surface area contributed by atoms with Crippen molar-refractivity contribution in [1.82, 2.24) is 14.7 Å². The van der Waals surface area contributed by atoms with Crippen LogP contribution < -0.4 is 15.6 Å². The molecule has 24 heavy (non-hydrogen) atoms. The predicted octanol–water partition coefficient (Wildman–Crippen LogP) is 1.53. The summed E-state index contributed by atoms with van der Waals surface area (Å²) in [6, 6.07) is 12.2. The van der Waals surface area contributed by atoms with Crippen LogP contribution in [0.5, 0.6) is 5.88 Å². The Labute approximate surface area is 136 Å². The van der Waals surface area contributed by atoms with E-state index in [2.05, 4.69) is 10.3 Å². The topological polar surface area (TPSA) is 72.7 Å². The van der Waals surface area contributed by atoms with Crippen LogP contribution in [0.3, 0.4) is 0 Å². The molecule has 0 aliphatic heterocycles. The Balaban J connectivity index is 1.58. The number of nitrogens with zero attached hydrogens (tertiary/aromatic N) is 2. The van der Waals surface area contributed by atoms with Crippen LogP contribution in [-0.4, -0.2) is 21.9 Å². The molecule has 0 atom stereocenters. The Morgan fingerprint density at radius 3 is 2.79 bits per heavy atom. The number of hydrogen-bond donors (Lipinski definition) is 1. The van der Waals surface area contributed by atoms with E-state index in [1.807, 2.05) is 0 Å². The van der Waals surface area contributed by atoms with Crippen molar-refractivity contribution in [3.8, 4) is 5.88 Å². The lowest BCUT2D eigenvalue weighted by Gasteiger charge is -2.08. The largest absolute Gasteiger partial charge is 0.467 e. The van der Waals surface area contributed by atoms with Gasteiger partial charge in [0.15, 0.2) is 6.61 Å². The first-order valence-electron chi connectivity index (χ1n) is 7.24. The summed E-state index contributed by atoms with van der Waals surface area (Å²) in [6.45, 7) is -0.00702. The zero-order chi connectivity index (χ0) is 16.9. The van der Waals surface area contributed by atoms with Crippen LogP contribution in [0.15, 0.2) is 59.5 Å². The minimum atomic E-state index is -0.366. The maximum Gasteiger partial charge on any atom is 0.261 e. The van der Waals surface area contributed by atoms with Gasteiger partial charge in [-0.15, -0.1) is 0 Å². The molecule has 0 radical (unpaired) electrons. The van der Waals surface area contributed by atoms with Crippen LogP contribution in [0.2, 0.25) is 0 Å². The summed E-state index contributed by atoms with van der Waals surface area (Å²) >= 11 is 0. The number of carbonyl (C=O) groups is 1. The van der Waals surface area contributed by atoms with Gasteiger partial charge in [-0.05, 0) is 29.8 Å². The molecule has 2 heterocycles. The third-order valence-electron chi connectivity index (χ3n) is 3.30. The molecule has 1 N–H and O–H groups in total. The van der Waals surface area contributed by atoms with E-state index in [9.17, 15) is 14.0 Å². The third kappa shape index (κ3) is 3.75. The van der Waals surface area contributed by atoms with Crippen molar-refractivity contribution in [2.24, 2.45) is 0 Å². The average Bonchev–Trinajstić information content (AvgIpc) is 2.59. The highest BCUT2D eigenvalue weighted by Gasteiger charge is 2.06. The Hall–Kier alpha value is -3.22. The van der Waals surface area contributed by atoms with Gasteiger partial charge in [-0.2, -0.15) is 4.98 Å². The number of hydrogen-bond acceptors (Lipinski definition) is 4. The van der Waals surface area contributed by atoms with E-state index < -0.39 is 0 Å². The maximum atomic E-state index is 12.8. The number of pyridine rings is 1. The minimum Gasteiger partial charge on any atom is -0.467 e. The van der Waals surface area contributed by atoms with Crippen molar-refractivity contribution in [1.29, 1.82) is 0 Å². The molecule has 0 aliphatic carbocycles. The monoisotopic (exact) mass is 327 g/mol. The Morgan fingerprint density at radius 2 is 2.00 bits per heavy atom. The molecule has 0 spiro atoms. The zero-order valence-electron chi connectivity index (χ0n) is 12.6. The van der Waals surface area contributed by atoms with Crippen LogP contribution in [-0.2, 0) is 11.3 Å². The molecule has 0 saturated heterocycles. The molecule has 3 rings (SSSR count). The van der Waals surface area contributed by atoms with Crippen LogP contribution in [0, 0.1) is 5.82 Å². The van der Waals surface area contributed by atoms with Gasteiger partial charge in [-0.3, -0.25) is 14.0 Å². The number of aromatic nitrogens is 2. The van der Waals surface area contributed by atoms with E-state index in [1.54, 1.807) is 36.5 Å². The molecular formula is C17H14FN3O3. The fraction of sp³-hybridized carbons (Fsp3) is 0.118. The fourth-order valence-corrected chi connectivity index (χ4v) is 2.10. The first kappa shape index (κ1) is 15.7. The van der Waals surface area contributed by atoms with E-state index in [-0.39, 0.29) is 36.3 Å². The lowest BCUT2D eigenvalue weighted by molar-refractivity contribution is -0.123. The van der Waals surface area contributed by atoms with Crippen LogP contribution in [0.4, 0.5) is 4.39 Å². The highest BCUT2D eigenvalue weighted by atomic mass is 19.1. The SMILES string of the molecule is O=C(COc1cc(=O)n2ccccc2n1)NCc1ccc(F)cc1. The van der Waals surface area contributed by atoms with Crippen molar-refractivity contribution in [2.75, 3.05) is 6.61 Å². The van der Waals surface area contributed by atoms with Crippen molar-refractivity contribution in [3.05, 3.63) is 76.5 Å². The Kier molecular flexibility index (Phi) is 4.51. The van der Waals surface area contributed by atoms with E-state index in [4.69, 9.17) is 4.74 Å². The molecule has 2 aromatic heterocycles. The molecule has 1 aromatic carbocycles. The minimum absolute atomic E-state index is 0.0862. The van der Waals surface area contributed by atoms with Gasteiger partial charge in [0, 0.05) is 12.7 Å². The van der Waals surface area contributed by atoms with Crippen LogP contribution >= 0.6 is 0 Å². The van der Waals surface area contributed by atoms with E-state index >= 15 is 0 Å². The molecule has 0 unspecified atom stereocenters. The first-order chi connectivity index (χ1) is 11.6. The second-order valence-electron chi connectivity index (χ2n) is 5.05. The second-order valence-corrected chi connectivity index (χ2v) is 5.05. The lowest BCUT2D eigenvalue weighted by atomic mass is 10.2. The Morgan fingerprint density at radius 1 is 1.21 bits per heavy atom. The van der Waals surface area contributed by atoms with Crippen LogP contribution in [0.1, 0.15) is 5.56 Å².